The minimum Gasteiger partial charge on any atom is -0.379 e. The summed E-state index contributed by atoms with van der Waals surface area (Å²) in [6, 6.07) is 0. The molecule has 0 aromatic rings. The highest BCUT2D eigenvalue weighted by Crippen LogP contribution is 2.49. The SMILES string of the molecule is CN=C(NCCCOCC1CCCO1)NCCC1CC2CCC1C2.I. The molecule has 0 radical (unpaired) electrons. The van der Waals surface area contributed by atoms with Gasteiger partial charge >= 0.3 is 0 Å². The van der Waals surface area contributed by atoms with Gasteiger partial charge in [0.15, 0.2) is 5.96 Å². The summed E-state index contributed by atoms with van der Waals surface area (Å²) >= 11 is 0. The first-order chi connectivity index (χ1) is 11.8. The van der Waals surface area contributed by atoms with Crippen LogP contribution in [0.25, 0.3) is 0 Å². The van der Waals surface area contributed by atoms with E-state index >= 15 is 0 Å². The molecule has 0 aromatic heterocycles. The van der Waals surface area contributed by atoms with Gasteiger partial charge in [0.25, 0.3) is 0 Å². The molecule has 6 heteroatoms. The average molecular weight is 465 g/mol. The highest BCUT2D eigenvalue weighted by atomic mass is 127. The standard InChI is InChI=1S/C19H35N3O2.HI/c1-20-19(21-8-3-10-23-14-18-4-2-11-24-18)22-9-7-17-13-15-5-6-16(17)12-15;/h15-18H,2-14H2,1H3,(H2,20,21,22);1H. The third-order valence-corrected chi connectivity index (χ3v) is 6.00. The fourth-order valence-corrected chi connectivity index (χ4v) is 4.70. The number of guanidine groups is 1. The maximum Gasteiger partial charge on any atom is 0.190 e. The molecule has 25 heavy (non-hydrogen) atoms. The van der Waals surface area contributed by atoms with Crippen LogP contribution in [0.4, 0.5) is 0 Å². The zero-order chi connectivity index (χ0) is 16.6. The molecule has 2 N–H and O–H groups in total. The molecule has 3 aliphatic rings. The van der Waals surface area contributed by atoms with Gasteiger partial charge in [-0.05, 0) is 62.7 Å². The number of nitrogens with one attached hydrogen (secondary N) is 2. The first kappa shape index (κ1) is 21.2. The lowest BCUT2D eigenvalue weighted by molar-refractivity contribution is 0.0168. The van der Waals surface area contributed by atoms with Crippen molar-refractivity contribution in [3.8, 4) is 0 Å². The maximum absolute atomic E-state index is 5.68. The summed E-state index contributed by atoms with van der Waals surface area (Å²) in [7, 11) is 1.85. The highest BCUT2D eigenvalue weighted by molar-refractivity contribution is 14.0. The molecule has 3 fully saturated rings. The second-order valence-electron chi connectivity index (χ2n) is 7.71. The van der Waals surface area contributed by atoms with Gasteiger partial charge in [-0.2, -0.15) is 0 Å². The molecule has 1 aliphatic heterocycles. The second kappa shape index (κ2) is 11.6. The number of rotatable bonds is 9. The Labute approximate surface area is 170 Å². The molecule has 146 valence electrons. The molecule has 0 amide bonds. The predicted octanol–water partition coefficient (Wildman–Crippen LogP) is 3.18. The van der Waals surface area contributed by atoms with E-state index in [-0.39, 0.29) is 24.0 Å². The molecule has 4 unspecified atom stereocenters. The van der Waals surface area contributed by atoms with E-state index in [4.69, 9.17) is 9.47 Å². The molecule has 2 saturated carbocycles. The van der Waals surface area contributed by atoms with Crippen molar-refractivity contribution in [1.82, 2.24) is 10.6 Å². The molecular formula is C19H36IN3O2. The normalized spacial score (nSPS) is 31.2. The summed E-state index contributed by atoms with van der Waals surface area (Å²) in [5.74, 6) is 3.96. The fraction of sp³-hybridized carbons (Fsp3) is 0.947. The Hall–Kier alpha value is -0.0800. The Balaban J connectivity index is 0.00000225. The van der Waals surface area contributed by atoms with Crippen LogP contribution in [-0.2, 0) is 9.47 Å². The van der Waals surface area contributed by atoms with Gasteiger partial charge in [0.2, 0.25) is 0 Å². The van der Waals surface area contributed by atoms with Gasteiger partial charge in [0.05, 0.1) is 12.7 Å². The van der Waals surface area contributed by atoms with Crippen molar-refractivity contribution in [3.63, 3.8) is 0 Å². The molecule has 5 nitrogen and oxygen atoms in total. The summed E-state index contributed by atoms with van der Waals surface area (Å²) in [6.07, 6.45) is 10.9. The Bertz CT molecular complexity index is 402. The summed E-state index contributed by atoms with van der Waals surface area (Å²) < 4.78 is 11.2. The zero-order valence-corrected chi connectivity index (χ0v) is 18.0. The monoisotopic (exact) mass is 465 g/mol. The highest BCUT2D eigenvalue weighted by Gasteiger charge is 2.38. The van der Waals surface area contributed by atoms with Crippen molar-refractivity contribution in [2.75, 3.05) is 40.0 Å². The molecule has 2 bridgehead atoms. The molecule has 0 spiro atoms. The largest absolute Gasteiger partial charge is 0.379 e. The van der Waals surface area contributed by atoms with E-state index in [9.17, 15) is 0 Å². The van der Waals surface area contributed by atoms with Crippen LogP contribution in [0.2, 0.25) is 0 Å². The van der Waals surface area contributed by atoms with Crippen LogP contribution in [0, 0.1) is 17.8 Å². The molecule has 1 saturated heterocycles. The van der Waals surface area contributed by atoms with Gasteiger partial charge in [0, 0.05) is 33.4 Å². The summed E-state index contributed by atoms with van der Waals surface area (Å²) in [4.78, 5) is 4.31. The van der Waals surface area contributed by atoms with E-state index in [2.05, 4.69) is 15.6 Å². The van der Waals surface area contributed by atoms with E-state index in [0.717, 1.165) is 69.5 Å². The lowest BCUT2D eigenvalue weighted by atomic mass is 9.86. The lowest BCUT2D eigenvalue weighted by Crippen LogP contribution is -2.39. The number of hydrogen-bond donors (Lipinski definition) is 2. The van der Waals surface area contributed by atoms with E-state index in [1.165, 1.54) is 38.5 Å². The number of fused-ring (bicyclic) bond motifs is 2. The summed E-state index contributed by atoms with van der Waals surface area (Å²) in [5.41, 5.74) is 0. The van der Waals surface area contributed by atoms with Crippen LogP contribution in [0.3, 0.4) is 0 Å². The van der Waals surface area contributed by atoms with Crippen molar-refractivity contribution in [2.24, 2.45) is 22.7 Å². The van der Waals surface area contributed by atoms with E-state index in [1.807, 2.05) is 7.05 Å². The third-order valence-electron chi connectivity index (χ3n) is 6.00. The number of aliphatic imine (C=N–C) groups is 1. The number of nitrogens with zero attached hydrogens (tertiary/aromatic N) is 1. The van der Waals surface area contributed by atoms with Crippen molar-refractivity contribution < 1.29 is 9.47 Å². The zero-order valence-electron chi connectivity index (χ0n) is 15.7. The molecule has 4 atom stereocenters. The molecule has 1 heterocycles. The van der Waals surface area contributed by atoms with Crippen LogP contribution in [0.15, 0.2) is 4.99 Å². The van der Waals surface area contributed by atoms with E-state index < -0.39 is 0 Å². The van der Waals surface area contributed by atoms with Crippen LogP contribution < -0.4 is 10.6 Å². The van der Waals surface area contributed by atoms with E-state index in [1.54, 1.807) is 0 Å². The minimum atomic E-state index is 0. The molecule has 3 rings (SSSR count). The topological polar surface area (TPSA) is 54.9 Å². The van der Waals surface area contributed by atoms with Crippen molar-refractivity contribution in [1.29, 1.82) is 0 Å². The minimum absolute atomic E-state index is 0. The summed E-state index contributed by atoms with van der Waals surface area (Å²) in [6.45, 7) is 4.38. The van der Waals surface area contributed by atoms with Gasteiger partial charge in [-0.15, -0.1) is 24.0 Å². The second-order valence-corrected chi connectivity index (χ2v) is 7.71. The molecule has 0 aromatic carbocycles. The van der Waals surface area contributed by atoms with Crippen LogP contribution >= 0.6 is 24.0 Å². The van der Waals surface area contributed by atoms with E-state index in [0.29, 0.717) is 6.10 Å². The Morgan fingerprint density at radius 1 is 1.16 bits per heavy atom. The van der Waals surface area contributed by atoms with Crippen molar-refractivity contribution in [3.05, 3.63) is 0 Å². The number of ether oxygens (including phenoxy) is 2. The Kier molecular flexibility index (Phi) is 9.84. The number of hydrogen-bond acceptors (Lipinski definition) is 3. The smallest absolute Gasteiger partial charge is 0.190 e. The molecule has 2 aliphatic carbocycles. The summed E-state index contributed by atoms with van der Waals surface area (Å²) in [5, 5.41) is 6.85. The molecular weight excluding hydrogens is 429 g/mol. The van der Waals surface area contributed by atoms with Crippen LogP contribution in [-0.4, -0.2) is 52.0 Å². The average Bonchev–Trinajstić information content (AvgIpc) is 3.34. The van der Waals surface area contributed by atoms with Gasteiger partial charge in [-0.3, -0.25) is 4.99 Å². The van der Waals surface area contributed by atoms with Crippen LogP contribution in [0.1, 0.15) is 51.4 Å². The fourth-order valence-electron chi connectivity index (χ4n) is 4.70. The van der Waals surface area contributed by atoms with Crippen molar-refractivity contribution in [2.45, 2.75) is 57.5 Å². The van der Waals surface area contributed by atoms with Crippen molar-refractivity contribution >= 4 is 29.9 Å². The predicted molar refractivity (Wildman–Crippen MR) is 113 cm³/mol. The van der Waals surface area contributed by atoms with Gasteiger partial charge in [0.1, 0.15) is 0 Å². The van der Waals surface area contributed by atoms with Gasteiger partial charge in [-0.25, -0.2) is 0 Å². The van der Waals surface area contributed by atoms with Gasteiger partial charge in [-0.1, -0.05) is 6.42 Å². The third kappa shape index (κ3) is 6.86. The van der Waals surface area contributed by atoms with Gasteiger partial charge < -0.3 is 20.1 Å². The quantitative estimate of drug-likeness (QED) is 0.238. The lowest BCUT2D eigenvalue weighted by Gasteiger charge is -2.22. The Morgan fingerprint density at radius 2 is 2.04 bits per heavy atom. The van der Waals surface area contributed by atoms with Crippen LogP contribution in [0.5, 0.6) is 0 Å². The first-order valence-electron chi connectivity index (χ1n) is 9.99. The first-order valence-corrected chi connectivity index (χ1v) is 9.99. The Morgan fingerprint density at radius 3 is 2.72 bits per heavy atom. The number of halogens is 1. The maximum atomic E-state index is 5.68.